The summed E-state index contributed by atoms with van der Waals surface area (Å²) < 4.78 is 35.9. The van der Waals surface area contributed by atoms with Crippen LogP contribution in [0, 0.1) is 0 Å². The van der Waals surface area contributed by atoms with Crippen LogP contribution in [-0.2, 0) is 23.1 Å². The molecule has 1 N–H and O–H groups in total. The number of hydrogen-bond donors (Lipinski definition) is 1. The lowest BCUT2D eigenvalue weighted by Gasteiger charge is -2.24. The van der Waals surface area contributed by atoms with Crippen LogP contribution in [0.5, 0.6) is 0 Å². The van der Waals surface area contributed by atoms with Crippen molar-refractivity contribution < 1.29 is 32.5 Å². The maximum Gasteiger partial charge on any atom is 0.472 e. The molecule has 0 aliphatic rings. The predicted molar refractivity (Wildman–Crippen MR) is 243 cm³/mol. The molecule has 0 aromatic rings. The molecule has 56 heavy (non-hydrogen) atoms. The summed E-state index contributed by atoms with van der Waals surface area (Å²) in [6.07, 6.45) is 48.5. The number of quaternary nitrogens is 1. The summed E-state index contributed by atoms with van der Waals surface area (Å²) in [5.74, 6) is 0. The summed E-state index contributed by atoms with van der Waals surface area (Å²) in [4.78, 5) is 10.2. The summed E-state index contributed by atoms with van der Waals surface area (Å²) in [5, 5.41) is 0. The first-order chi connectivity index (χ1) is 27.2. The number of unbranched alkanes of at least 4 members (excludes halogenated alkanes) is 34. The molecule has 0 saturated carbocycles. The predicted octanol–water partition coefficient (Wildman–Crippen LogP) is 15.3. The summed E-state index contributed by atoms with van der Waals surface area (Å²) in [7, 11) is 1.93. The molecule has 0 fully saturated rings. The summed E-state index contributed by atoms with van der Waals surface area (Å²) in [5.41, 5.74) is 0. The van der Waals surface area contributed by atoms with E-state index in [1.54, 1.807) is 0 Å². The lowest BCUT2D eigenvalue weighted by molar-refractivity contribution is -0.870. The first-order valence-electron chi connectivity index (χ1n) is 24.8. The van der Waals surface area contributed by atoms with Gasteiger partial charge < -0.3 is 18.9 Å². The molecular weight excluding hydrogens is 718 g/mol. The van der Waals surface area contributed by atoms with Gasteiger partial charge in [-0.3, -0.25) is 9.05 Å². The summed E-state index contributed by atoms with van der Waals surface area (Å²) in [6.45, 7) is 7.04. The third-order valence-electron chi connectivity index (χ3n) is 11.2. The fourth-order valence-corrected chi connectivity index (χ4v) is 8.10. The largest absolute Gasteiger partial charge is 0.472 e. The van der Waals surface area contributed by atoms with Crippen LogP contribution >= 0.6 is 7.82 Å². The topological polar surface area (TPSA) is 74.2 Å². The van der Waals surface area contributed by atoms with E-state index in [9.17, 15) is 9.46 Å². The molecule has 0 radical (unpaired) electrons. The molecule has 0 bridgehead atoms. The Morgan fingerprint density at radius 2 is 0.714 bits per heavy atom. The van der Waals surface area contributed by atoms with Gasteiger partial charge in [-0.25, -0.2) is 4.57 Å². The second-order valence-electron chi connectivity index (χ2n) is 18.2. The van der Waals surface area contributed by atoms with Gasteiger partial charge in [0.15, 0.2) is 0 Å². The van der Waals surface area contributed by atoms with Crippen LogP contribution in [0.15, 0.2) is 0 Å². The Bertz CT molecular complexity index is 809. The van der Waals surface area contributed by atoms with Gasteiger partial charge in [-0.2, -0.15) is 0 Å². The quantitative estimate of drug-likeness (QED) is 0.0374. The van der Waals surface area contributed by atoms with Crippen LogP contribution in [0.25, 0.3) is 0 Å². The zero-order valence-corrected chi connectivity index (χ0v) is 39.6. The average molecular weight is 819 g/mol. The van der Waals surface area contributed by atoms with Crippen LogP contribution < -0.4 is 0 Å². The molecule has 0 spiro atoms. The summed E-state index contributed by atoms with van der Waals surface area (Å²) >= 11 is 0. The molecule has 0 rings (SSSR count). The molecular formula is C48H101NO6P+. The molecule has 1 unspecified atom stereocenters. The van der Waals surface area contributed by atoms with Crippen molar-refractivity contribution in [3.8, 4) is 0 Å². The van der Waals surface area contributed by atoms with Crippen molar-refractivity contribution in [1.29, 1.82) is 0 Å². The van der Waals surface area contributed by atoms with E-state index < -0.39 is 7.82 Å². The molecule has 0 saturated heterocycles. The van der Waals surface area contributed by atoms with Crippen molar-refractivity contribution in [2.45, 2.75) is 251 Å². The zero-order chi connectivity index (χ0) is 41.1. The maximum atomic E-state index is 12.5. The van der Waals surface area contributed by atoms with Gasteiger partial charge in [-0.1, -0.05) is 232 Å². The molecule has 0 amide bonds. The van der Waals surface area contributed by atoms with Gasteiger partial charge in [0, 0.05) is 13.2 Å². The van der Waals surface area contributed by atoms with E-state index in [4.69, 9.17) is 18.5 Å². The van der Waals surface area contributed by atoms with Crippen LogP contribution in [0.4, 0.5) is 0 Å². The number of nitrogens with zero attached hydrogens (tertiary/aromatic N) is 1. The molecule has 0 aromatic heterocycles. The van der Waals surface area contributed by atoms with Crippen LogP contribution in [0.3, 0.4) is 0 Å². The molecule has 0 heterocycles. The van der Waals surface area contributed by atoms with Gasteiger partial charge in [-0.05, 0) is 12.8 Å². The second kappa shape index (κ2) is 43.1. The Kier molecular flexibility index (Phi) is 43.1. The van der Waals surface area contributed by atoms with Gasteiger partial charge in [-0.15, -0.1) is 0 Å². The number of phosphoric acid groups is 1. The minimum absolute atomic E-state index is 0.00365. The number of phosphoric ester groups is 1. The number of hydrogen-bond acceptors (Lipinski definition) is 5. The number of likely N-dealkylation sites (N-methyl/N-ethyl adjacent to an activating group) is 1. The van der Waals surface area contributed by atoms with Gasteiger partial charge in [0.2, 0.25) is 0 Å². The van der Waals surface area contributed by atoms with E-state index >= 15 is 0 Å². The highest BCUT2D eigenvalue weighted by Gasteiger charge is 2.25. The van der Waals surface area contributed by atoms with Crippen LogP contribution in [0.2, 0.25) is 0 Å². The Balaban J connectivity index is 3.99. The first-order valence-corrected chi connectivity index (χ1v) is 26.3. The Hall–Kier alpha value is -0.0100. The molecule has 0 aliphatic heterocycles. The Morgan fingerprint density at radius 1 is 0.411 bits per heavy atom. The van der Waals surface area contributed by atoms with E-state index in [1.807, 2.05) is 21.1 Å². The van der Waals surface area contributed by atoms with Crippen LogP contribution in [0.1, 0.15) is 245 Å². The van der Waals surface area contributed by atoms with Crippen molar-refractivity contribution in [2.75, 3.05) is 60.7 Å². The van der Waals surface area contributed by atoms with Crippen molar-refractivity contribution in [1.82, 2.24) is 0 Å². The van der Waals surface area contributed by atoms with Gasteiger partial charge in [0.05, 0.1) is 34.4 Å². The van der Waals surface area contributed by atoms with Crippen molar-refractivity contribution in [2.24, 2.45) is 0 Å². The fourth-order valence-electron chi connectivity index (χ4n) is 7.36. The van der Waals surface area contributed by atoms with Crippen molar-refractivity contribution >= 4 is 7.82 Å². The minimum Gasteiger partial charge on any atom is -0.379 e. The molecule has 0 aromatic carbocycles. The third-order valence-corrected chi connectivity index (χ3v) is 12.2. The second-order valence-corrected chi connectivity index (χ2v) is 19.7. The molecule has 0 aliphatic carbocycles. The number of ether oxygens (including phenoxy) is 2. The fraction of sp³-hybridized carbons (Fsp3) is 1.00. The minimum atomic E-state index is -4.14. The van der Waals surface area contributed by atoms with Gasteiger partial charge in [0.1, 0.15) is 19.3 Å². The lowest BCUT2D eigenvalue weighted by Crippen LogP contribution is -2.37. The van der Waals surface area contributed by atoms with E-state index in [2.05, 4.69) is 13.8 Å². The van der Waals surface area contributed by atoms with E-state index in [0.717, 1.165) is 19.3 Å². The Morgan fingerprint density at radius 3 is 1.04 bits per heavy atom. The first kappa shape index (κ1) is 56.0. The normalized spacial score (nSPS) is 13.8. The maximum absolute atomic E-state index is 12.5. The standard InChI is InChI=1S/C48H100NO6P/c1-6-8-10-12-14-16-18-20-22-24-26-28-30-32-34-36-38-40-43-52-46-48(47-55-56(50,51)54-45-42-49(3,4)5)53-44-41-39-37-35-33-31-29-27-25-23-21-19-17-15-13-11-9-7-2/h48H,6-47H2,1-5H3/p+1/t48-/m1/s1. The molecule has 338 valence electrons. The SMILES string of the molecule is CCCCCCCCCCCCCCCCCCCCOC[C@H](COP(=O)(O)OCC[N+](C)(C)C)OCCCCCCCCCCCCCCCCCCCC. The van der Waals surface area contributed by atoms with Gasteiger partial charge >= 0.3 is 7.82 Å². The van der Waals surface area contributed by atoms with E-state index in [0.29, 0.717) is 30.8 Å². The van der Waals surface area contributed by atoms with Crippen molar-refractivity contribution in [3.05, 3.63) is 0 Å². The monoisotopic (exact) mass is 819 g/mol. The Labute approximate surface area is 351 Å². The highest BCUT2D eigenvalue weighted by atomic mass is 31.2. The number of rotatable bonds is 48. The molecule has 7 nitrogen and oxygen atoms in total. The van der Waals surface area contributed by atoms with E-state index in [1.165, 1.54) is 212 Å². The molecule has 2 atom stereocenters. The third kappa shape index (κ3) is 46.7. The summed E-state index contributed by atoms with van der Waals surface area (Å²) in [6, 6.07) is 0. The lowest BCUT2D eigenvalue weighted by atomic mass is 10.0. The van der Waals surface area contributed by atoms with E-state index in [-0.39, 0.29) is 19.3 Å². The zero-order valence-electron chi connectivity index (χ0n) is 38.7. The molecule has 8 heteroatoms. The highest BCUT2D eigenvalue weighted by molar-refractivity contribution is 7.47. The van der Waals surface area contributed by atoms with Crippen molar-refractivity contribution in [3.63, 3.8) is 0 Å². The van der Waals surface area contributed by atoms with Crippen LogP contribution in [-0.4, -0.2) is 76.2 Å². The smallest absolute Gasteiger partial charge is 0.379 e. The van der Waals surface area contributed by atoms with Gasteiger partial charge in [0.25, 0.3) is 0 Å². The highest BCUT2D eigenvalue weighted by Crippen LogP contribution is 2.43. The average Bonchev–Trinajstić information content (AvgIpc) is 3.16.